The molecule has 100 valence electrons. The van der Waals surface area contributed by atoms with Gasteiger partial charge in [0.1, 0.15) is 5.69 Å². The maximum Gasteiger partial charge on any atom is 0.237 e. The predicted octanol–water partition coefficient (Wildman–Crippen LogP) is 3.07. The lowest BCUT2D eigenvalue weighted by Gasteiger charge is -2.28. The molecular weight excluding hydrogens is 246 g/mol. The van der Waals surface area contributed by atoms with E-state index in [2.05, 4.69) is 35.5 Å². The van der Waals surface area contributed by atoms with Crippen LogP contribution in [0, 0.1) is 0 Å². The van der Waals surface area contributed by atoms with Gasteiger partial charge in [-0.2, -0.15) is 4.98 Å². The Bertz CT molecular complexity index is 513. The summed E-state index contributed by atoms with van der Waals surface area (Å²) in [5.74, 6) is 0.726. The normalized spacial score (nSPS) is 12.2. The van der Waals surface area contributed by atoms with E-state index in [9.17, 15) is 0 Å². The van der Waals surface area contributed by atoms with Crippen molar-refractivity contribution in [3.05, 3.63) is 17.3 Å². The molecule has 2 rings (SSSR count). The molecule has 2 aromatic heterocycles. The number of nitrogens with one attached hydrogen (secondary N) is 1. The molecule has 0 aromatic carbocycles. The van der Waals surface area contributed by atoms with Crippen molar-refractivity contribution < 1.29 is 4.74 Å². The Labute approximate surface area is 112 Å². The van der Waals surface area contributed by atoms with Crippen LogP contribution in [0.5, 0.6) is 5.88 Å². The summed E-state index contributed by atoms with van der Waals surface area (Å²) in [7, 11) is 1.68. The Morgan fingerprint density at radius 2 is 2.17 bits per heavy atom. The van der Waals surface area contributed by atoms with E-state index in [-0.39, 0.29) is 5.54 Å². The first kappa shape index (κ1) is 13.4. The van der Waals surface area contributed by atoms with Crippen LogP contribution < -0.4 is 10.1 Å². The summed E-state index contributed by atoms with van der Waals surface area (Å²) in [4.78, 5) is 5.45. The summed E-state index contributed by atoms with van der Waals surface area (Å²) in [6, 6.07) is 0. The zero-order valence-electron chi connectivity index (χ0n) is 11.5. The van der Waals surface area contributed by atoms with Crippen molar-refractivity contribution in [2.45, 2.75) is 45.7 Å². The molecule has 0 radical (unpaired) electrons. The molecule has 0 unspecified atom stereocenters. The fourth-order valence-electron chi connectivity index (χ4n) is 1.93. The summed E-state index contributed by atoms with van der Waals surface area (Å²) < 4.78 is 7.46. The molecule has 0 amide bonds. The van der Waals surface area contributed by atoms with Gasteiger partial charge in [0.25, 0.3) is 0 Å². The Morgan fingerprint density at radius 1 is 1.44 bits per heavy atom. The number of nitrogens with zero attached hydrogens (tertiary/aromatic N) is 2. The van der Waals surface area contributed by atoms with Crippen molar-refractivity contribution in [2.24, 2.45) is 0 Å². The molecule has 0 bridgehead atoms. The molecule has 0 saturated carbocycles. The molecule has 0 aliphatic rings. The highest BCUT2D eigenvalue weighted by atomic mass is 32.1. The van der Waals surface area contributed by atoms with E-state index in [4.69, 9.17) is 4.74 Å². The van der Waals surface area contributed by atoms with Crippen molar-refractivity contribution in [1.29, 1.82) is 0 Å². The van der Waals surface area contributed by atoms with Gasteiger partial charge in [0.15, 0.2) is 4.96 Å². The van der Waals surface area contributed by atoms with Gasteiger partial charge >= 0.3 is 0 Å². The van der Waals surface area contributed by atoms with E-state index in [1.165, 1.54) is 0 Å². The van der Waals surface area contributed by atoms with Gasteiger partial charge in [0.2, 0.25) is 5.88 Å². The molecule has 5 heteroatoms. The molecule has 0 fully saturated rings. The molecule has 0 atom stereocenters. The van der Waals surface area contributed by atoms with Crippen LogP contribution in [-0.2, 0) is 6.54 Å². The van der Waals surface area contributed by atoms with Crippen LogP contribution in [0.15, 0.2) is 11.6 Å². The zero-order chi connectivity index (χ0) is 13.2. The number of hydrogen-bond acceptors (Lipinski definition) is 4. The minimum Gasteiger partial charge on any atom is -0.480 e. The lowest BCUT2D eigenvalue weighted by molar-refractivity contribution is 0.321. The number of ether oxygens (including phenoxy) is 1. The van der Waals surface area contributed by atoms with Crippen LogP contribution in [0.4, 0.5) is 0 Å². The number of fused-ring (bicyclic) bond motifs is 1. The first-order chi connectivity index (χ1) is 8.63. The number of hydrogen-bond donors (Lipinski definition) is 1. The molecule has 4 nitrogen and oxygen atoms in total. The SMILES string of the molecule is CCC(C)(CC)NCc1c(OC)nc2sccn12. The second-order valence-electron chi connectivity index (χ2n) is 4.74. The van der Waals surface area contributed by atoms with Gasteiger partial charge in [-0.1, -0.05) is 13.8 Å². The number of rotatable bonds is 6. The Kier molecular flexibility index (Phi) is 3.92. The third-order valence-corrected chi connectivity index (χ3v) is 4.52. The van der Waals surface area contributed by atoms with Gasteiger partial charge in [-0.15, -0.1) is 11.3 Å². The van der Waals surface area contributed by atoms with Crippen LogP contribution in [0.2, 0.25) is 0 Å². The lowest BCUT2D eigenvalue weighted by atomic mass is 9.95. The van der Waals surface area contributed by atoms with Crippen LogP contribution in [0.3, 0.4) is 0 Å². The average molecular weight is 267 g/mol. The van der Waals surface area contributed by atoms with E-state index in [0.29, 0.717) is 0 Å². The molecule has 0 spiro atoms. The molecule has 0 aliphatic carbocycles. The first-order valence-corrected chi connectivity index (χ1v) is 7.25. The maximum atomic E-state index is 5.36. The summed E-state index contributed by atoms with van der Waals surface area (Å²) >= 11 is 1.63. The fourth-order valence-corrected chi connectivity index (χ4v) is 2.66. The Morgan fingerprint density at radius 3 is 2.78 bits per heavy atom. The smallest absolute Gasteiger partial charge is 0.237 e. The summed E-state index contributed by atoms with van der Waals surface area (Å²) in [5, 5.41) is 5.66. The average Bonchev–Trinajstić information content (AvgIpc) is 2.96. The molecule has 0 aliphatic heterocycles. The highest BCUT2D eigenvalue weighted by Crippen LogP contribution is 2.24. The first-order valence-electron chi connectivity index (χ1n) is 6.37. The van der Waals surface area contributed by atoms with Crippen molar-refractivity contribution in [3.8, 4) is 5.88 Å². The predicted molar refractivity (Wildman–Crippen MR) is 75.4 cm³/mol. The van der Waals surface area contributed by atoms with E-state index in [0.717, 1.165) is 35.9 Å². The molecule has 1 N–H and O–H groups in total. The second kappa shape index (κ2) is 5.28. The van der Waals surface area contributed by atoms with E-state index in [1.807, 2.05) is 11.6 Å². The summed E-state index contributed by atoms with van der Waals surface area (Å²) in [6.07, 6.45) is 4.26. The van der Waals surface area contributed by atoms with Gasteiger partial charge in [0.05, 0.1) is 7.11 Å². The van der Waals surface area contributed by atoms with E-state index >= 15 is 0 Å². The molecule has 0 saturated heterocycles. The second-order valence-corrected chi connectivity index (χ2v) is 5.62. The molecule has 2 aromatic rings. The summed E-state index contributed by atoms with van der Waals surface area (Å²) in [5.41, 5.74) is 1.27. The topological polar surface area (TPSA) is 38.6 Å². The van der Waals surface area contributed by atoms with Crippen molar-refractivity contribution in [3.63, 3.8) is 0 Å². The van der Waals surface area contributed by atoms with Crippen molar-refractivity contribution in [1.82, 2.24) is 14.7 Å². The molecular formula is C13H21N3OS. The van der Waals surface area contributed by atoms with Crippen LogP contribution in [0.1, 0.15) is 39.3 Å². The third kappa shape index (κ3) is 2.37. The Balaban J connectivity index is 2.22. The van der Waals surface area contributed by atoms with E-state index in [1.54, 1.807) is 18.4 Å². The summed E-state index contributed by atoms with van der Waals surface area (Å²) in [6.45, 7) is 7.46. The largest absolute Gasteiger partial charge is 0.480 e. The minimum atomic E-state index is 0.172. The van der Waals surface area contributed by atoms with Gasteiger partial charge in [-0.25, -0.2) is 0 Å². The van der Waals surface area contributed by atoms with Crippen molar-refractivity contribution >= 4 is 16.3 Å². The fraction of sp³-hybridized carbons (Fsp3) is 0.615. The number of aromatic nitrogens is 2. The standard InChI is InChI=1S/C13H21N3OS/c1-5-13(3,6-2)14-9-10-11(17-4)15-12-16(10)7-8-18-12/h7-8,14H,5-6,9H2,1-4H3. The minimum absolute atomic E-state index is 0.172. The lowest BCUT2D eigenvalue weighted by Crippen LogP contribution is -2.40. The molecule has 18 heavy (non-hydrogen) atoms. The Hall–Kier alpha value is -1.07. The van der Waals surface area contributed by atoms with Crippen LogP contribution in [0.25, 0.3) is 4.96 Å². The van der Waals surface area contributed by atoms with Crippen LogP contribution >= 0.6 is 11.3 Å². The number of imidazole rings is 1. The highest BCUT2D eigenvalue weighted by Gasteiger charge is 2.21. The van der Waals surface area contributed by atoms with Gasteiger partial charge in [-0.3, -0.25) is 4.40 Å². The van der Waals surface area contributed by atoms with Gasteiger partial charge in [-0.05, 0) is 19.8 Å². The maximum absolute atomic E-state index is 5.36. The molecule has 2 heterocycles. The third-order valence-electron chi connectivity index (χ3n) is 3.76. The number of methoxy groups -OCH3 is 1. The number of thiazole rings is 1. The highest BCUT2D eigenvalue weighted by molar-refractivity contribution is 7.15. The van der Waals surface area contributed by atoms with Gasteiger partial charge < -0.3 is 10.1 Å². The monoisotopic (exact) mass is 267 g/mol. The van der Waals surface area contributed by atoms with Gasteiger partial charge in [0, 0.05) is 23.7 Å². The zero-order valence-corrected chi connectivity index (χ0v) is 12.3. The van der Waals surface area contributed by atoms with E-state index < -0.39 is 0 Å². The van der Waals surface area contributed by atoms with Crippen LogP contribution in [-0.4, -0.2) is 22.0 Å². The van der Waals surface area contributed by atoms with Crippen molar-refractivity contribution in [2.75, 3.05) is 7.11 Å². The quantitative estimate of drug-likeness (QED) is 0.874.